The molecule has 1 fully saturated rings. The van der Waals surface area contributed by atoms with Crippen LogP contribution >= 0.6 is 0 Å². The first-order valence-corrected chi connectivity index (χ1v) is 8.14. The largest absolute Gasteiger partial charge is 0.447 e. The summed E-state index contributed by atoms with van der Waals surface area (Å²) >= 11 is 0. The molecule has 1 unspecified atom stereocenters. The molecule has 120 valence electrons. The molecule has 0 saturated carbocycles. The molecule has 4 heteroatoms. The van der Waals surface area contributed by atoms with Crippen LogP contribution in [0.2, 0.25) is 0 Å². The second-order valence-corrected chi connectivity index (χ2v) is 6.14. The van der Waals surface area contributed by atoms with Crippen molar-refractivity contribution in [1.82, 2.24) is 4.90 Å². The van der Waals surface area contributed by atoms with Crippen LogP contribution in [0.1, 0.15) is 45.1 Å². The summed E-state index contributed by atoms with van der Waals surface area (Å²) in [6.45, 7) is 4.51. The number of rotatable bonds is 7. The Balaban J connectivity index is 1.96. The molecule has 1 saturated heterocycles. The number of hydrogen-bond acceptors (Lipinski definition) is 3. The molecule has 1 heterocycles. The van der Waals surface area contributed by atoms with Crippen LogP contribution in [-0.4, -0.2) is 29.5 Å². The molecule has 22 heavy (non-hydrogen) atoms. The van der Waals surface area contributed by atoms with Crippen molar-refractivity contribution < 1.29 is 14.3 Å². The summed E-state index contributed by atoms with van der Waals surface area (Å²) in [5, 5.41) is 0. The predicted octanol–water partition coefficient (Wildman–Crippen LogP) is 3.79. The van der Waals surface area contributed by atoms with E-state index in [1.807, 2.05) is 30.3 Å². The van der Waals surface area contributed by atoms with Crippen molar-refractivity contribution in [3.8, 4) is 0 Å². The van der Waals surface area contributed by atoms with Gasteiger partial charge in [0, 0.05) is 6.42 Å². The number of imide groups is 1. The summed E-state index contributed by atoms with van der Waals surface area (Å²) in [4.78, 5) is 25.7. The number of cyclic esters (lactones) is 1. The first-order chi connectivity index (χ1) is 10.6. The molecule has 2 rings (SSSR count). The third-order valence-corrected chi connectivity index (χ3v) is 4.12. The van der Waals surface area contributed by atoms with Crippen LogP contribution in [-0.2, 0) is 16.0 Å². The van der Waals surface area contributed by atoms with Crippen molar-refractivity contribution in [3.05, 3.63) is 35.9 Å². The van der Waals surface area contributed by atoms with Crippen molar-refractivity contribution >= 4 is 12.0 Å². The highest BCUT2D eigenvalue weighted by Gasteiger charge is 2.37. The lowest BCUT2D eigenvalue weighted by molar-refractivity contribution is -0.130. The lowest BCUT2D eigenvalue weighted by atomic mass is 9.99. The second kappa shape index (κ2) is 7.97. The van der Waals surface area contributed by atoms with Crippen molar-refractivity contribution in [3.63, 3.8) is 0 Å². The van der Waals surface area contributed by atoms with Crippen LogP contribution in [0, 0.1) is 5.92 Å². The van der Waals surface area contributed by atoms with Crippen LogP contribution < -0.4 is 0 Å². The minimum atomic E-state index is -0.492. The Morgan fingerprint density at radius 3 is 2.77 bits per heavy atom. The van der Waals surface area contributed by atoms with Gasteiger partial charge in [-0.1, -0.05) is 63.4 Å². The van der Waals surface area contributed by atoms with Gasteiger partial charge in [0.05, 0.1) is 6.04 Å². The highest BCUT2D eigenvalue weighted by atomic mass is 16.6. The fraction of sp³-hybridized carbons (Fsp3) is 0.556. The van der Waals surface area contributed by atoms with Gasteiger partial charge in [0.25, 0.3) is 0 Å². The van der Waals surface area contributed by atoms with E-state index in [-0.39, 0.29) is 11.9 Å². The first kappa shape index (κ1) is 16.5. The minimum absolute atomic E-state index is 0.105. The number of benzene rings is 1. The Kier molecular flexibility index (Phi) is 5.99. The molecule has 1 aromatic rings. The van der Waals surface area contributed by atoms with Crippen LogP contribution in [0.4, 0.5) is 4.79 Å². The van der Waals surface area contributed by atoms with Gasteiger partial charge in [-0.05, 0) is 17.9 Å². The highest BCUT2D eigenvalue weighted by molar-refractivity contribution is 5.93. The average Bonchev–Trinajstić information content (AvgIpc) is 2.87. The molecule has 0 aromatic heterocycles. The summed E-state index contributed by atoms with van der Waals surface area (Å²) in [5.74, 6) is 0.199. The summed E-state index contributed by atoms with van der Waals surface area (Å²) < 4.78 is 5.10. The summed E-state index contributed by atoms with van der Waals surface area (Å²) in [5.41, 5.74) is 1.11. The lowest BCUT2D eigenvalue weighted by Gasteiger charge is -2.21. The van der Waals surface area contributed by atoms with Gasteiger partial charge in [-0.25, -0.2) is 9.69 Å². The first-order valence-electron chi connectivity index (χ1n) is 8.14. The molecule has 0 aliphatic carbocycles. The third kappa shape index (κ3) is 4.33. The standard InChI is InChI=1S/C18H25NO3/c1-3-4-8-14(2)11-17(20)19-16(13-22-18(19)21)12-15-9-6-5-7-10-15/h5-7,9-10,14,16H,3-4,8,11-13H2,1-2H3/t14?,16-/m1/s1. The molecular weight excluding hydrogens is 278 g/mol. The molecule has 1 aliphatic heterocycles. The van der Waals surface area contributed by atoms with Crippen molar-refractivity contribution in [2.45, 2.75) is 52.0 Å². The number of unbranched alkanes of at least 4 members (excludes halogenated alkanes) is 1. The van der Waals surface area contributed by atoms with Gasteiger partial charge < -0.3 is 4.74 Å². The number of amides is 2. The third-order valence-electron chi connectivity index (χ3n) is 4.12. The van der Waals surface area contributed by atoms with Gasteiger partial charge in [0.2, 0.25) is 5.91 Å². The smallest absolute Gasteiger partial charge is 0.416 e. The van der Waals surface area contributed by atoms with Crippen LogP contribution in [0.25, 0.3) is 0 Å². The number of hydrogen-bond donors (Lipinski definition) is 0. The molecule has 0 radical (unpaired) electrons. The summed E-state index contributed by atoms with van der Waals surface area (Å²) in [6.07, 6.45) is 3.85. The van der Waals surface area contributed by atoms with E-state index in [9.17, 15) is 9.59 Å². The average molecular weight is 303 g/mol. The molecule has 0 spiro atoms. The van der Waals surface area contributed by atoms with Crippen molar-refractivity contribution in [1.29, 1.82) is 0 Å². The zero-order valence-corrected chi connectivity index (χ0v) is 13.5. The Hall–Kier alpha value is -1.84. The predicted molar refractivity (Wildman–Crippen MR) is 85.4 cm³/mol. The van der Waals surface area contributed by atoms with Crippen LogP contribution in [0.3, 0.4) is 0 Å². The van der Waals surface area contributed by atoms with E-state index < -0.39 is 6.09 Å². The molecular formula is C18H25NO3. The molecule has 4 nitrogen and oxygen atoms in total. The maximum atomic E-state index is 12.5. The van der Waals surface area contributed by atoms with E-state index >= 15 is 0 Å². The maximum Gasteiger partial charge on any atom is 0.416 e. The monoisotopic (exact) mass is 303 g/mol. The molecule has 1 aliphatic rings. The van der Waals surface area contributed by atoms with Crippen LogP contribution in [0.15, 0.2) is 30.3 Å². The number of carbonyl (C=O) groups is 2. The number of nitrogens with zero attached hydrogens (tertiary/aromatic N) is 1. The lowest BCUT2D eigenvalue weighted by Crippen LogP contribution is -2.40. The number of carbonyl (C=O) groups excluding carboxylic acids is 2. The molecule has 2 amide bonds. The maximum absolute atomic E-state index is 12.5. The van der Waals surface area contributed by atoms with Gasteiger partial charge in [0.15, 0.2) is 0 Å². The Morgan fingerprint density at radius 1 is 1.36 bits per heavy atom. The van der Waals surface area contributed by atoms with Gasteiger partial charge in [-0.15, -0.1) is 0 Å². The fourth-order valence-electron chi connectivity index (χ4n) is 2.85. The molecule has 1 aromatic carbocycles. The Morgan fingerprint density at radius 2 is 2.09 bits per heavy atom. The van der Waals surface area contributed by atoms with E-state index in [0.717, 1.165) is 24.8 Å². The van der Waals surface area contributed by atoms with Gasteiger partial charge in [-0.3, -0.25) is 4.79 Å². The Bertz CT molecular complexity index is 500. The molecule has 2 atom stereocenters. The normalized spacial score (nSPS) is 19.1. The van der Waals surface area contributed by atoms with Crippen molar-refractivity contribution in [2.75, 3.05) is 6.61 Å². The number of ether oxygens (including phenoxy) is 1. The minimum Gasteiger partial charge on any atom is -0.447 e. The van der Waals surface area contributed by atoms with Crippen LogP contribution in [0.5, 0.6) is 0 Å². The van der Waals surface area contributed by atoms with Gasteiger partial charge >= 0.3 is 6.09 Å². The topological polar surface area (TPSA) is 46.6 Å². The second-order valence-electron chi connectivity index (χ2n) is 6.14. The highest BCUT2D eigenvalue weighted by Crippen LogP contribution is 2.21. The molecule has 0 N–H and O–H groups in total. The van der Waals surface area contributed by atoms with Gasteiger partial charge in [0.1, 0.15) is 6.61 Å². The van der Waals surface area contributed by atoms with E-state index in [2.05, 4.69) is 13.8 Å². The van der Waals surface area contributed by atoms with E-state index in [4.69, 9.17) is 4.74 Å². The van der Waals surface area contributed by atoms with E-state index in [1.54, 1.807) is 0 Å². The summed E-state index contributed by atoms with van der Waals surface area (Å²) in [6, 6.07) is 9.72. The van der Waals surface area contributed by atoms with E-state index in [1.165, 1.54) is 4.90 Å². The van der Waals surface area contributed by atoms with E-state index in [0.29, 0.717) is 25.4 Å². The Labute approximate surface area is 132 Å². The SMILES string of the molecule is CCCCC(C)CC(=O)N1C(=O)OC[C@H]1Cc1ccccc1. The van der Waals surface area contributed by atoms with Gasteiger partial charge in [-0.2, -0.15) is 0 Å². The zero-order valence-electron chi connectivity index (χ0n) is 13.5. The van der Waals surface area contributed by atoms with Crippen molar-refractivity contribution in [2.24, 2.45) is 5.92 Å². The molecule has 0 bridgehead atoms. The fourth-order valence-corrected chi connectivity index (χ4v) is 2.85. The quantitative estimate of drug-likeness (QED) is 0.770. The zero-order chi connectivity index (χ0) is 15.9. The summed E-state index contributed by atoms with van der Waals surface area (Å²) in [7, 11) is 0.